The second-order valence-electron chi connectivity index (χ2n) is 11.3. The van der Waals surface area contributed by atoms with Crippen molar-refractivity contribution in [2.24, 2.45) is 0 Å². The van der Waals surface area contributed by atoms with Gasteiger partial charge in [-0.2, -0.15) is 0 Å². The number of aryl methyl sites for hydroxylation is 2. The molecule has 0 amide bonds. The number of anilines is 1. The molecule has 2 aromatic carbocycles. The molecule has 0 saturated carbocycles. The number of rotatable bonds is 9. The van der Waals surface area contributed by atoms with Gasteiger partial charge in [-0.15, -0.1) is 0 Å². The van der Waals surface area contributed by atoms with Gasteiger partial charge >= 0.3 is 5.97 Å². The van der Waals surface area contributed by atoms with Crippen LogP contribution < -0.4 is 14.8 Å². The molecule has 8 heteroatoms. The van der Waals surface area contributed by atoms with Gasteiger partial charge in [0, 0.05) is 23.5 Å². The Labute approximate surface area is 228 Å². The molecule has 1 aromatic heterocycles. The van der Waals surface area contributed by atoms with Crippen molar-refractivity contribution in [3.63, 3.8) is 0 Å². The minimum Gasteiger partial charge on any atom is -0.493 e. The van der Waals surface area contributed by atoms with Gasteiger partial charge in [-0.1, -0.05) is 6.07 Å². The summed E-state index contributed by atoms with van der Waals surface area (Å²) in [5, 5.41) is 22.6. The van der Waals surface area contributed by atoms with Crippen LogP contribution in [0.2, 0.25) is 0 Å². The fourth-order valence-corrected chi connectivity index (χ4v) is 5.76. The van der Waals surface area contributed by atoms with Crippen molar-refractivity contribution in [2.75, 3.05) is 18.5 Å². The fourth-order valence-electron chi connectivity index (χ4n) is 5.76. The number of aliphatic carboxylic acids is 1. The molecule has 206 valence electrons. The van der Waals surface area contributed by atoms with Crippen molar-refractivity contribution in [3.05, 3.63) is 70.2 Å². The molecule has 0 radical (unpaired) electrons. The number of benzene rings is 2. The molecule has 2 aliphatic rings. The predicted molar refractivity (Wildman–Crippen MR) is 147 cm³/mol. The maximum atomic E-state index is 15.3. The molecular weight excluding hydrogens is 499 g/mol. The molecule has 0 unspecified atom stereocenters. The van der Waals surface area contributed by atoms with Crippen molar-refractivity contribution < 1.29 is 28.9 Å². The Hall–Kier alpha value is -3.65. The lowest BCUT2D eigenvalue weighted by Gasteiger charge is -2.20. The highest BCUT2D eigenvalue weighted by Crippen LogP contribution is 2.44. The Morgan fingerprint density at radius 1 is 1.23 bits per heavy atom. The van der Waals surface area contributed by atoms with Crippen LogP contribution in [0.4, 0.5) is 10.2 Å². The third-order valence-corrected chi connectivity index (χ3v) is 7.61. The third kappa shape index (κ3) is 5.71. The van der Waals surface area contributed by atoms with Crippen LogP contribution >= 0.6 is 0 Å². The van der Waals surface area contributed by atoms with Gasteiger partial charge in [0.2, 0.25) is 0 Å². The molecule has 0 saturated heterocycles. The molecule has 7 nitrogen and oxygen atoms in total. The average molecular weight is 535 g/mol. The Kier molecular flexibility index (Phi) is 7.25. The van der Waals surface area contributed by atoms with Gasteiger partial charge in [0.05, 0.1) is 37.5 Å². The lowest BCUT2D eigenvalue weighted by molar-refractivity contribution is -0.137. The van der Waals surface area contributed by atoms with E-state index in [2.05, 4.69) is 10.3 Å². The molecule has 2 heterocycles. The molecule has 1 aliphatic carbocycles. The first-order valence-corrected chi connectivity index (χ1v) is 13.4. The zero-order valence-electron chi connectivity index (χ0n) is 22.8. The van der Waals surface area contributed by atoms with Crippen molar-refractivity contribution in [1.29, 1.82) is 0 Å². The van der Waals surface area contributed by atoms with Crippen LogP contribution in [0.25, 0.3) is 11.1 Å². The molecule has 2 atom stereocenters. The number of hydrogen-bond donors (Lipinski definition) is 3. The molecule has 0 spiro atoms. The topological polar surface area (TPSA) is 101 Å². The number of carboxylic acids is 1. The van der Waals surface area contributed by atoms with E-state index in [9.17, 15) is 15.0 Å². The largest absolute Gasteiger partial charge is 0.493 e. The molecule has 3 aromatic rings. The Bertz CT molecular complexity index is 1390. The highest BCUT2D eigenvalue weighted by molar-refractivity contribution is 5.77. The molecule has 1 aliphatic heterocycles. The summed E-state index contributed by atoms with van der Waals surface area (Å²) in [4.78, 5) is 15.7. The Morgan fingerprint density at radius 3 is 2.67 bits per heavy atom. The zero-order valence-corrected chi connectivity index (χ0v) is 22.8. The number of nitrogens with zero attached hydrogens (tertiary/aromatic N) is 1. The van der Waals surface area contributed by atoms with Gasteiger partial charge in [-0.05, 0) is 92.6 Å². The second kappa shape index (κ2) is 10.5. The van der Waals surface area contributed by atoms with Crippen LogP contribution in [0.1, 0.15) is 72.9 Å². The zero-order chi connectivity index (χ0) is 27.9. The van der Waals surface area contributed by atoms with E-state index in [0.29, 0.717) is 43.2 Å². The maximum absolute atomic E-state index is 15.3. The quantitative estimate of drug-likeness (QED) is 0.305. The molecule has 0 bridgehead atoms. The monoisotopic (exact) mass is 534 g/mol. The summed E-state index contributed by atoms with van der Waals surface area (Å²) in [6, 6.07) is 8.97. The van der Waals surface area contributed by atoms with E-state index < -0.39 is 11.6 Å². The first-order valence-electron chi connectivity index (χ1n) is 13.4. The molecule has 39 heavy (non-hydrogen) atoms. The van der Waals surface area contributed by atoms with Crippen LogP contribution in [-0.4, -0.2) is 40.0 Å². The number of carboxylic acid groups (broad SMARTS) is 1. The van der Waals surface area contributed by atoms with Crippen LogP contribution in [0.5, 0.6) is 11.5 Å². The van der Waals surface area contributed by atoms with Gasteiger partial charge in [-0.3, -0.25) is 4.79 Å². The number of nitrogens with one attached hydrogen (secondary N) is 1. The number of aromatic nitrogens is 1. The summed E-state index contributed by atoms with van der Waals surface area (Å²) in [5.74, 6) is 0.584. The molecule has 3 N–H and O–H groups in total. The summed E-state index contributed by atoms with van der Waals surface area (Å²) >= 11 is 0. The van der Waals surface area contributed by atoms with E-state index in [1.54, 1.807) is 20.0 Å². The van der Waals surface area contributed by atoms with E-state index in [-0.39, 0.29) is 24.2 Å². The lowest BCUT2D eigenvalue weighted by atomic mass is 9.90. The number of hydrogen-bond acceptors (Lipinski definition) is 6. The molecule has 5 rings (SSSR count). The van der Waals surface area contributed by atoms with Gasteiger partial charge in [-0.25, -0.2) is 9.37 Å². The predicted octanol–water partition coefficient (Wildman–Crippen LogP) is 6.09. The molecular formula is C31H35FN2O5. The third-order valence-electron chi connectivity index (χ3n) is 7.61. The van der Waals surface area contributed by atoms with Gasteiger partial charge in [0.1, 0.15) is 23.1 Å². The highest BCUT2D eigenvalue weighted by atomic mass is 19.1. The van der Waals surface area contributed by atoms with Crippen molar-refractivity contribution in [3.8, 4) is 22.6 Å². The minimum atomic E-state index is -0.874. The number of halogens is 1. The van der Waals surface area contributed by atoms with Gasteiger partial charge in [0.15, 0.2) is 0 Å². The fraction of sp³-hybridized carbons (Fsp3) is 0.419. The maximum Gasteiger partial charge on any atom is 0.304 e. The van der Waals surface area contributed by atoms with Crippen LogP contribution in [-0.2, 0) is 11.2 Å². The summed E-state index contributed by atoms with van der Waals surface area (Å²) in [7, 11) is 0. The summed E-state index contributed by atoms with van der Waals surface area (Å²) in [5.41, 5.74) is 5.86. The van der Waals surface area contributed by atoms with E-state index in [4.69, 9.17) is 9.47 Å². The van der Waals surface area contributed by atoms with Crippen molar-refractivity contribution in [1.82, 2.24) is 4.98 Å². The first-order chi connectivity index (χ1) is 18.5. The van der Waals surface area contributed by atoms with E-state index in [1.807, 2.05) is 38.1 Å². The van der Waals surface area contributed by atoms with Crippen LogP contribution in [0.3, 0.4) is 0 Å². The number of carbonyl (C=O) groups is 1. The summed E-state index contributed by atoms with van der Waals surface area (Å²) in [6.45, 7) is 8.33. The van der Waals surface area contributed by atoms with Crippen molar-refractivity contribution in [2.45, 2.75) is 70.9 Å². The average Bonchev–Trinajstić information content (AvgIpc) is 3.44. The normalized spacial score (nSPS) is 17.9. The van der Waals surface area contributed by atoms with Gasteiger partial charge in [0.25, 0.3) is 0 Å². The van der Waals surface area contributed by atoms with Crippen molar-refractivity contribution >= 4 is 11.8 Å². The van der Waals surface area contributed by atoms with E-state index in [1.165, 1.54) is 6.07 Å². The van der Waals surface area contributed by atoms with E-state index in [0.717, 1.165) is 45.6 Å². The smallest absolute Gasteiger partial charge is 0.304 e. The Balaban J connectivity index is 1.40. The minimum absolute atomic E-state index is 0.0113. The number of fused-ring (bicyclic) bond motifs is 2. The summed E-state index contributed by atoms with van der Waals surface area (Å²) in [6.07, 6.45) is 3.56. The standard InChI is InChI=1S/C31H35FN2O5/c1-17-11-20(38-10-9-31(3,4)37)12-18(2)29(17)21-5-7-24(32)30-22(21)6-8-25(30)34-27-14-23-19(13-28(35)36)16-39-26(23)15-33-27/h5,7,11-12,14-15,19,25,37H,6,8-10,13,16H2,1-4H3,(H,33,34)(H,35,36)/t19-,25-/m1/s1. The second-order valence-corrected chi connectivity index (χ2v) is 11.3. The van der Waals surface area contributed by atoms with Crippen LogP contribution in [0.15, 0.2) is 36.5 Å². The number of aliphatic hydroxyl groups is 1. The number of ether oxygens (including phenoxy) is 2. The van der Waals surface area contributed by atoms with E-state index >= 15 is 4.39 Å². The van der Waals surface area contributed by atoms with Gasteiger partial charge < -0.3 is 25.0 Å². The Morgan fingerprint density at radius 2 is 1.97 bits per heavy atom. The SMILES string of the molecule is Cc1cc(OCCC(C)(C)O)cc(C)c1-c1ccc(F)c2c1CC[C@H]2Nc1cc2c(cn1)OC[C@H]2CC(=O)O. The van der Waals surface area contributed by atoms with Crippen LogP contribution in [0, 0.1) is 19.7 Å². The lowest BCUT2D eigenvalue weighted by Crippen LogP contribution is -2.21. The first kappa shape index (κ1) is 26.9. The number of pyridine rings is 1. The highest BCUT2D eigenvalue weighted by Gasteiger charge is 2.31. The molecule has 0 fully saturated rings. The summed E-state index contributed by atoms with van der Waals surface area (Å²) < 4.78 is 26.8.